The molecule has 2 amide bonds. The van der Waals surface area contributed by atoms with E-state index in [0.29, 0.717) is 19.5 Å². The standard InChI is InChI=1S/C20H21N3O2S/c1-21-19(24)9-14-10-22-8-4-5-15(22)12-23(11-14)20(25)17-13-26-18-7-3-2-6-16(17)18/h2-8,13-14H,9-12H2,1H3,(H,21,24)/t14-/m1/s1. The van der Waals surface area contributed by atoms with E-state index in [1.165, 1.54) is 0 Å². The molecule has 26 heavy (non-hydrogen) atoms. The van der Waals surface area contributed by atoms with Crippen LogP contribution in [0.3, 0.4) is 0 Å². The largest absolute Gasteiger partial charge is 0.359 e. The lowest BCUT2D eigenvalue weighted by molar-refractivity contribution is -0.121. The van der Waals surface area contributed by atoms with E-state index in [1.54, 1.807) is 18.4 Å². The van der Waals surface area contributed by atoms with Gasteiger partial charge >= 0.3 is 0 Å². The number of thiophene rings is 1. The van der Waals surface area contributed by atoms with Gasteiger partial charge in [0.2, 0.25) is 5.91 Å². The van der Waals surface area contributed by atoms with Crippen molar-refractivity contribution < 1.29 is 9.59 Å². The third kappa shape index (κ3) is 3.12. The fourth-order valence-electron chi connectivity index (χ4n) is 3.64. The molecule has 1 N–H and O–H groups in total. The Balaban J connectivity index is 1.65. The lowest BCUT2D eigenvalue weighted by atomic mass is 10.0. The van der Waals surface area contributed by atoms with Crippen molar-refractivity contribution in [3.05, 3.63) is 59.2 Å². The minimum atomic E-state index is 0.0130. The molecule has 0 saturated carbocycles. The van der Waals surface area contributed by atoms with E-state index in [4.69, 9.17) is 0 Å². The molecule has 0 bridgehead atoms. The zero-order valence-electron chi connectivity index (χ0n) is 14.6. The summed E-state index contributed by atoms with van der Waals surface area (Å²) in [5.41, 5.74) is 1.86. The maximum Gasteiger partial charge on any atom is 0.255 e. The average Bonchev–Trinajstić information content (AvgIpc) is 3.23. The second-order valence-electron chi connectivity index (χ2n) is 6.73. The van der Waals surface area contributed by atoms with Crippen molar-refractivity contribution in [3.63, 3.8) is 0 Å². The maximum atomic E-state index is 13.3. The van der Waals surface area contributed by atoms with Gasteiger partial charge < -0.3 is 14.8 Å². The first kappa shape index (κ1) is 16.8. The molecule has 1 aliphatic heterocycles. The topological polar surface area (TPSA) is 54.3 Å². The number of benzene rings is 1. The van der Waals surface area contributed by atoms with Crippen molar-refractivity contribution in [2.24, 2.45) is 5.92 Å². The molecule has 3 heterocycles. The second-order valence-corrected chi connectivity index (χ2v) is 7.64. The Morgan fingerprint density at radius 2 is 2.04 bits per heavy atom. The van der Waals surface area contributed by atoms with Gasteiger partial charge in [-0.3, -0.25) is 9.59 Å². The van der Waals surface area contributed by atoms with Crippen molar-refractivity contribution >= 4 is 33.2 Å². The molecule has 4 rings (SSSR count). The molecule has 0 spiro atoms. The van der Waals surface area contributed by atoms with Gasteiger partial charge in [0.25, 0.3) is 5.91 Å². The number of carbonyl (C=O) groups is 2. The highest BCUT2D eigenvalue weighted by molar-refractivity contribution is 7.17. The van der Waals surface area contributed by atoms with Crippen LogP contribution in [0.2, 0.25) is 0 Å². The number of rotatable bonds is 3. The first-order valence-electron chi connectivity index (χ1n) is 8.76. The zero-order valence-corrected chi connectivity index (χ0v) is 15.5. The average molecular weight is 367 g/mol. The summed E-state index contributed by atoms with van der Waals surface area (Å²) in [7, 11) is 1.65. The van der Waals surface area contributed by atoms with E-state index < -0.39 is 0 Å². The second kappa shape index (κ2) is 6.96. The highest BCUT2D eigenvalue weighted by Gasteiger charge is 2.28. The summed E-state index contributed by atoms with van der Waals surface area (Å²) in [6, 6.07) is 12.0. The van der Waals surface area contributed by atoms with Gasteiger partial charge in [0.1, 0.15) is 0 Å². The highest BCUT2D eigenvalue weighted by Crippen LogP contribution is 2.28. The highest BCUT2D eigenvalue weighted by atomic mass is 32.1. The number of hydrogen-bond donors (Lipinski definition) is 1. The first-order chi connectivity index (χ1) is 12.7. The van der Waals surface area contributed by atoms with Crippen LogP contribution in [0.1, 0.15) is 22.5 Å². The SMILES string of the molecule is CNC(=O)C[C@H]1CN(C(=O)c2csc3ccccc23)Cc2cccn2C1. The minimum Gasteiger partial charge on any atom is -0.359 e. The molecule has 3 aromatic rings. The number of fused-ring (bicyclic) bond motifs is 2. The van der Waals surface area contributed by atoms with Crippen LogP contribution in [0.25, 0.3) is 10.1 Å². The maximum absolute atomic E-state index is 13.3. The van der Waals surface area contributed by atoms with Gasteiger partial charge in [-0.05, 0) is 18.2 Å². The Hall–Kier alpha value is -2.60. The van der Waals surface area contributed by atoms with Gasteiger partial charge in [-0.2, -0.15) is 0 Å². The van der Waals surface area contributed by atoms with Crippen molar-refractivity contribution in [3.8, 4) is 0 Å². The normalized spacial score (nSPS) is 17.0. The van der Waals surface area contributed by atoms with Crippen molar-refractivity contribution in [1.82, 2.24) is 14.8 Å². The van der Waals surface area contributed by atoms with Crippen LogP contribution in [-0.2, 0) is 17.9 Å². The first-order valence-corrected chi connectivity index (χ1v) is 9.64. The zero-order chi connectivity index (χ0) is 18.1. The number of hydrogen-bond acceptors (Lipinski definition) is 3. The van der Waals surface area contributed by atoms with Gasteiger partial charge in [-0.1, -0.05) is 18.2 Å². The van der Waals surface area contributed by atoms with Gasteiger partial charge in [0.15, 0.2) is 0 Å². The number of aromatic nitrogens is 1. The predicted octanol–water partition coefficient (Wildman–Crippen LogP) is 3.11. The lowest BCUT2D eigenvalue weighted by Crippen LogP contribution is -2.35. The molecule has 6 heteroatoms. The summed E-state index contributed by atoms with van der Waals surface area (Å²) < 4.78 is 3.28. The Morgan fingerprint density at radius 3 is 2.88 bits per heavy atom. The van der Waals surface area contributed by atoms with E-state index >= 15 is 0 Å². The Kier molecular flexibility index (Phi) is 4.51. The van der Waals surface area contributed by atoms with Crippen LogP contribution in [0, 0.1) is 5.92 Å². The van der Waals surface area contributed by atoms with Crippen molar-refractivity contribution in [2.75, 3.05) is 13.6 Å². The monoisotopic (exact) mass is 367 g/mol. The van der Waals surface area contributed by atoms with Crippen LogP contribution in [0.15, 0.2) is 48.0 Å². The number of carbonyl (C=O) groups excluding carboxylic acids is 2. The lowest BCUT2D eigenvalue weighted by Gasteiger charge is -2.24. The molecule has 1 aromatic carbocycles. The molecule has 5 nitrogen and oxygen atoms in total. The third-order valence-corrected chi connectivity index (χ3v) is 5.92. The summed E-state index contributed by atoms with van der Waals surface area (Å²) in [5, 5.41) is 5.65. The Morgan fingerprint density at radius 1 is 1.19 bits per heavy atom. The Bertz CT molecular complexity index is 959. The van der Waals surface area contributed by atoms with Crippen molar-refractivity contribution in [2.45, 2.75) is 19.5 Å². The molecule has 2 aromatic heterocycles. The molecule has 0 radical (unpaired) electrons. The fourth-order valence-corrected chi connectivity index (χ4v) is 4.58. The van der Waals surface area contributed by atoms with Crippen LogP contribution in [0.5, 0.6) is 0 Å². The molecule has 1 atom stereocenters. The molecular formula is C20H21N3O2S. The van der Waals surface area contributed by atoms with Crippen LogP contribution >= 0.6 is 11.3 Å². The van der Waals surface area contributed by atoms with E-state index in [-0.39, 0.29) is 17.7 Å². The van der Waals surface area contributed by atoms with Gasteiger partial charge in [0, 0.05) is 59.8 Å². The predicted molar refractivity (Wildman–Crippen MR) is 103 cm³/mol. The Labute approximate surface area is 156 Å². The summed E-state index contributed by atoms with van der Waals surface area (Å²) in [6.07, 6.45) is 2.45. The van der Waals surface area contributed by atoms with E-state index in [0.717, 1.165) is 27.9 Å². The van der Waals surface area contributed by atoms with E-state index in [9.17, 15) is 9.59 Å². The fraction of sp³-hybridized carbons (Fsp3) is 0.300. The molecular weight excluding hydrogens is 346 g/mol. The minimum absolute atomic E-state index is 0.0130. The number of amides is 2. The molecule has 0 aliphatic carbocycles. The summed E-state index contributed by atoms with van der Waals surface area (Å²) >= 11 is 1.60. The van der Waals surface area contributed by atoms with E-state index in [2.05, 4.69) is 9.88 Å². The van der Waals surface area contributed by atoms with E-state index in [1.807, 2.05) is 52.9 Å². The molecule has 134 valence electrons. The summed E-state index contributed by atoms with van der Waals surface area (Å²) in [6.45, 7) is 1.91. The van der Waals surface area contributed by atoms with Gasteiger partial charge in [-0.15, -0.1) is 11.3 Å². The molecule has 0 fully saturated rings. The van der Waals surface area contributed by atoms with Gasteiger partial charge in [-0.25, -0.2) is 0 Å². The van der Waals surface area contributed by atoms with Gasteiger partial charge in [0.05, 0.1) is 12.1 Å². The van der Waals surface area contributed by atoms with Crippen LogP contribution in [-0.4, -0.2) is 34.9 Å². The van der Waals surface area contributed by atoms with Crippen LogP contribution < -0.4 is 5.32 Å². The van der Waals surface area contributed by atoms with Crippen LogP contribution in [0.4, 0.5) is 0 Å². The quantitative estimate of drug-likeness (QED) is 0.773. The third-order valence-electron chi connectivity index (χ3n) is 4.96. The summed E-state index contributed by atoms with van der Waals surface area (Å²) in [5.74, 6) is 0.149. The number of nitrogens with zero attached hydrogens (tertiary/aromatic N) is 2. The molecule has 0 saturated heterocycles. The van der Waals surface area contributed by atoms with Crippen molar-refractivity contribution in [1.29, 1.82) is 0 Å². The molecule has 1 aliphatic rings. The summed E-state index contributed by atoms with van der Waals surface area (Å²) in [4.78, 5) is 27.1. The number of nitrogens with one attached hydrogen (secondary N) is 1. The molecule has 0 unspecified atom stereocenters. The smallest absolute Gasteiger partial charge is 0.255 e.